The fraction of sp³-hybridized carbons (Fsp3) is 0.312. The molecule has 0 saturated heterocycles. The first-order valence-electron chi connectivity index (χ1n) is 7.02. The summed E-state index contributed by atoms with van der Waals surface area (Å²) in [5.74, 6) is -1.14. The van der Waals surface area contributed by atoms with Crippen molar-refractivity contribution < 1.29 is 14.7 Å². The van der Waals surface area contributed by atoms with Crippen LogP contribution >= 0.6 is 0 Å². The SMILES string of the molecule is CC(C)(CCNC(=O)c1cnn(-c2ccccc2)c1)C(=O)O. The fourth-order valence-electron chi connectivity index (χ4n) is 1.86. The van der Waals surface area contributed by atoms with Gasteiger partial charge in [0.1, 0.15) is 0 Å². The fourth-order valence-corrected chi connectivity index (χ4v) is 1.86. The van der Waals surface area contributed by atoms with Crippen molar-refractivity contribution in [2.45, 2.75) is 20.3 Å². The van der Waals surface area contributed by atoms with E-state index in [1.54, 1.807) is 24.7 Å². The van der Waals surface area contributed by atoms with Gasteiger partial charge in [0, 0.05) is 12.7 Å². The maximum atomic E-state index is 12.0. The topological polar surface area (TPSA) is 84.2 Å². The molecule has 2 aromatic rings. The van der Waals surface area contributed by atoms with E-state index in [2.05, 4.69) is 10.4 Å². The Labute approximate surface area is 128 Å². The molecule has 6 heteroatoms. The van der Waals surface area contributed by atoms with Crippen LogP contribution in [0.25, 0.3) is 5.69 Å². The minimum atomic E-state index is -0.876. The molecule has 0 unspecified atom stereocenters. The van der Waals surface area contributed by atoms with E-state index in [0.717, 1.165) is 5.69 Å². The van der Waals surface area contributed by atoms with Crippen molar-refractivity contribution in [3.8, 4) is 5.69 Å². The summed E-state index contributed by atoms with van der Waals surface area (Å²) in [4.78, 5) is 23.0. The Bertz CT molecular complexity index is 662. The number of rotatable bonds is 6. The number of carbonyl (C=O) groups excluding carboxylic acids is 1. The third-order valence-electron chi connectivity index (χ3n) is 3.48. The quantitative estimate of drug-likeness (QED) is 0.855. The second kappa shape index (κ2) is 6.43. The van der Waals surface area contributed by atoms with Crippen molar-refractivity contribution in [3.63, 3.8) is 0 Å². The molecule has 2 rings (SSSR count). The molecule has 0 radical (unpaired) electrons. The molecule has 116 valence electrons. The molecular formula is C16H19N3O3. The zero-order valence-corrected chi connectivity index (χ0v) is 12.6. The Balaban J connectivity index is 1.94. The normalized spacial score (nSPS) is 11.2. The van der Waals surface area contributed by atoms with Crippen LogP contribution in [0.1, 0.15) is 30.6 Å². The van der Waals surface area contributed by atoms with Gasteiger partial charge in [-0.2, -0.15) is 5.10 Å². The first kappa shape index (κ1) is 15.8. The van der Waals surface area contributed by atoms with Crippen LogP contribution in [0.4, 0.5) is 0 Å². The van der Waals surface area contributed by atoms with E-state index in [4.69, 9.17) is 5.11 Å². The summed E-state index contributed by atoms with van der Waals surface area (Å²) >= 11 is 0. The molecule has 0 aliphatic rings. The molecule has 1 amide bonds. The second-order valence-electron chi connectivity index (χ2n) is 5.70. The van der Waals surface area contributed by atoms with E-state index in [0.29, 0.717) is 18.5 Å². The average molecular weight is 301 g/mol. The number of aromatic nitrogens is 2. The lowest BCUT2D eigenvalue weighted by Crippen LogP contribution is -2.31. The van der Waals surface area contributed by atoms with Crippen molar-refractivity contribution in [3.05, 3.63) is 48.3 Å². The molecule has 1 heterocycles. The van der Waals surface area contributed by atoms with Crippen LogP contribution in [0.2, 0.25) is 0 Å². The molecule has 0 saturated carbocycles. The Morgan fingerprint density at radius 1 is 1.27 bits per heavy atom. The van der Waals surface area contributed by atoms with Crippen molar-refractivity contribution >= 4 is 11.9 Å². The molecule has 0 atom stereocenters. The average Bonchev–Trinajstić information content (AvgIpc) is 2.97. The molecule has 0 aliphatic carbocycles. The van der Waals surface area contributed by atoms with Crippen molar-refractivity contribution in [1.29, 1.82) is 0 Å². The van der Waals surface area contributed by atoms with Gasteiger partial charge >= 0.3 is 5.97 Å². The zero-order valence-electron chi connectivity index (χ0n) is 12.6. The highest BCUT2D eigenvalue weighted by atomic mass is 16.4. The Kier molecular flexibility index (Phi) is 4.60. The maximum Gasteiger partial charge on any atom is 0.309 e. The van der Waals surface area contributed by atoms with Crippen LogP contribution < -0.4 is 5.32 Å². The van der Waals surface area contributed by atoms with E-state index in [9.17, 15) is 9.59 Å². The number of aliphatic carboxylic acids is 1. The van der Waals surface area contributed by atoms with Gasteiger partial charge in [-0.1, -0.05) is 18.2 Å². The highest BCUT2D eigenvalue weighted by Gasteiger charge is 2.26. The summed E-state index contributed by atoms with van der Waals surface area (Å²) in [7, 11) is 0. The predicted octanol–water partition coefficient (Wildman–Crippen LogP) is 2.10. The molecule has 0 fully saturated rings. The van der Waals surface area contributed by atoms with Gasteiger partial charge in [-0.05, 0) is 32.4 Å². The van der Waals surface area contributed by atoms with E-state index < -0.39 is 11.4 Å². The number of carboxylic acids is 1. The van der Waals surface area contributed by atoms with Gasteiger partial charge in [0.05, 0.1) is 22.9 Å². The van der Waals surface area contributed by atoms with Gasteiger partial charge < -0.3 is 10.4 Å². The number of nitrogens with one attached hydrogen (secondary N) is 1. The summed E-state index contributed by atoms with van der Waals surface area (Å²) in [5.41, 5.74) is 0.451. The van der Waals surface area contributed by atoms with Gasteiger partial charge in [-0.3, -0.25) is 9.59 Å². The highest BCUT2D eigenvalue weighted by Crippen LogP contribution is 2.19. The summed E-state index contributed by atoms with van der Waals surface area (Å²) < 4.78 is 1.62. The first-order valence-corrected chi connectivity index (χ1v) is 7.02. The molecule has 22 heavy (non-hydrogen) atoms. The van der Waals surface area contributed by atoms with Crippen molar-refractivity contribution in [2.24, 2.45) is 5.41 Å². The lowest BCUT2D eigenvalue weighted by molar-refractivity contribution is -0.147. The molecule has 0 spiro atoms. The maximum absolute atomic E-state index is 12.0. The van der Waals surface area contributed by atoms with Gasteiger partial charge in [0.25, 0.3) is 5.91 Å². The Hall–Kier alpha value is -2.63. The lowest BCUT2D eigenvalue weighted by Gasteiger charge is -2.18. The number of hydrogen-bond acceptors (Lipinski definition) is 3. The molecular weight excluding hydrogens is 282 g/mol. The number of benzene rings is 1. The van der Waals surface area contributed by atoms with E-state index in [1.165, 1.54) is 6.20 Å². The Morgan fingerprint density at radius 2 is 1.95 bits per heavy atom. The van der Waals surface area contributed by atoms with E-state index in [-0.39, 0.29) is 5.91 Å². The molecule has 1 aromatic heterocycles. The van der Waals surface area contributed by atoms with Crippen LogP contribution in [0.3, 0.4) is 0 Å². The Morgan fingerprint density at radius 3 is 2.59 bits per heavy atom. The molecule has 6 nitrogen and oxygen atoms in total. The number of carboxylic acid groups (broad SMARTS) is 1. The van der Waals surface area contributed by atoms with Crippen LogP contribution in [0, 0.1) is 5.41 Å². The van der Waals surface area contributed by atoms with Gasteiger partial charge in [-0.25, -0.2) is 4.68 Å². The third kappa shape index (κ3) is 3.72. The number of carbonyl (C=O) groups is 2. The van der Waals surface area contributed by atoms with Crippen LogP contribution in [-0.4, -0.2) is 33.3 Å². The van der Waals surface area contributed by atoms with Gasteiger partial charge in [-0.15, -0.1) is 0 Å². The van der Waals surface area contributed by atoms with E-state index in [1.807, 2.05) is 30.3 Å². The largest absolute Gasteiger partial charge is 0.481 e. The first-order chi connectivity index (χ1) is 10.4. The third-order valence-corrected chi connectivity index (χ3v) is 3.48. The van der Waals surface area contributed by atoms with Crippen LogP contribution in [0.15, 0.2) is 42.7 Å². The molecule has 0 aliphatic heterocycles. The standard InChI is InChI=1S/C16H19N3O3/c1-16(2,15(21)22)8-9-17-14(20)12-10-18-19(11-12)13-6-4-3-5-7-13/h3-7,10-11H,8-9H2,1-2H3,(H,17,20)(H,21,22). The summed E-state index contributed by atoms with van der Waals surface area (Å²) in [5, 5.41) is 15.9. The molecule has 1 aromatic carbocycles. The summed E-state index contributed by atoms with van der Waals surface area (Å²) in [6, 6.07) is 9.48. The smallest absolute Gasteiger partial charge is 0.309 e. The van der Waals surface area contributed by atoms with Crippen LogP contribution in [0.5, 0.6) is 0 Å². The lowest BCUT2D eigenvalue weighted by atomic mass is 9.90. The summed E-state index contributed by atoms with van der Waals surface area (Å²) in [6.07, 6.45) is 3.50. The molecule has 0 bridgehead atoms. The number of hydrogen-bond donors (Lipinski definition) is 2. The monoisotopic (exact) mass is 301 g/mol. The van der Waals surface area contributed by atoms with Crippen molar-refractivity contribution in [2.75, 3.05) is 6.54 Å². The second-order valence-corrected chi connectivity index (χ2v) is 5.70. The summed E-state index contributed by atoms with van der Waals surface area (Å²) in [6.45, 7) is 3.57. The molecule has 2 N–H and O–H groups in total. The highest BCUT2D eigenvalue weighted by molar-refractivity contribution is 5.93. The van der Waals surface area contributed by atoms with Gasteiger partial charge in [0.15, 0.2) is 0 Å². The number of para-hydroxylation sites is 1. The van der Waals surface area contributed by atoms with Gasteiger partial charge in [0.2, 0.25) is 0 Å². The minimum Gasteiger partial charge on any atom is -0.481 e. The zero-order chi connectivity index (χ0) is 16.2. The van der Waals surface area contributed by atoms with Crippen molar-refractivity contribution in [1.82, 2.24) is 15.1 Å². The predicted molar refractivity (Wildman–Crippen MR) is 81.9 cm³/mol. The minimum absolute atomic E-state index is 0.261. The van der Waals surface area contributed by atoms with Crippen LogP contribution in [-0.2, 0) is 4.79 Å². The van der Waals surface area contributed by atoms with E-state index >= 15 is 0 Å². The number of nitrogens with zero attached hydrogens (tertiary/aromatic N) is 2. The number of amides is 1.